The average molecular weight is 304 g/mol. The molecule has 0 aliphatic rings. The van der Waals surface area contributed by atoms with Gasteiger partial charge in [0.15, 0.2) is 5.78 Å². The second-order valence-electron chi connectivity index (χ2n) is 5.96. The van der Waals surface area contributed by atoms with Crippen molar-refractivity contribution in [3.8, 4) is 5.75 Å². The third kappa shape index (κ3) is 3.97. The van der Waals surface area contributed by atoms with Crippen LogP contribution in [0.15, 0.2) is 17.7 Å². The van der Waals surface area contributed by atoms with E-state index in [0.29, 0.717) is 5.56 Å². The van der Waals surface area contributed by atoms with Gasteiger partial charge in [0.25, 0.3) is 0 Å². The fraction of sp³-hybridized carbons (Fsp3) is 0.444. The van der Waals surface area contributed by atoms with Gasteiger partial charge in [-0.05, 0) is 53.7 Å². The van der Waals surface area contributed by atoms with Crippen molar-refractivity contribution in [2.45, 2.75) is 46.5 Å². The Bertz CT molecular complexity index is 581. The molecular formula is C18H24O4. The Morgan fingerprint density at radius 2 is 1.55 bits per heavy atom. The van der Waals surface area contributed by atoms with E-state index >= 15 is 0 Å². The summed E-state index contributed by atoms with van der Waals surface area (Å²) in [7, 11) is 1.25. The smallest absolute Gasteiger partial charge is 0.341 e. The van der Waals surface area contributed by atoms with Gasteiger partial charge in [-0.15, -0.1) is 0 Å². The van der Waals surface area contributed by atoms with E-state index in [1.165, 1.54) is 20.1 Å². The average Bonchev–Trinajstić information content (AvgIpc) is 2.44. The van der Waals surface area contributed by atoms with Crippen molar-refractivity contribution in [1.29, 1.82) is 0 Å². The summed E-state index contributed by atoms with van der Waals surface area (Å²) < 4.78 is 4.65. The minimum atomic E-state index is -0.655. The fourth-order valence-corrected chi connectivity index (χ4v) is 2.25. The van der Waals surface area contributed by atoms with Crippen LogP contribution >= 0.6 is 0 Å². The maximum atomic E-state index is 11.7. The molecule has 0 atom stereocenters. The molecule has 0 bridgehead atoms. The quantitative estimate of drug-likeness (QED) is 0.389. The van der Waals surface area contributed by atoms with E-state index in [9.17, 15) is 14.7 Å². The van der Waals surface area contributed by atoms with Gasteiger partial charge in [-0.2, -0.15) is 0 Å². The fourth-order valence-electron chi connectivity index (χ4n) is 2.25. The summed E-state index contributed by atoms with van der Waals surface area (Å²) in [4.78, 5) is 23.3. The minimum absolute atomic E-state index is 0.00222. The number of ether oxygens (including phenoxy) is 1. The van der Waals surface area contributed by atoms with Gasteiger partial charge in [-0.1, -0.05) is 27.7 Å². The highest BCUT2D eigenvalue weighted by atomic mass is 16.5. The van der Waals surface area contributed by atoms with Crippen molar-refractivity contribution < 1.29 is 19.4 Å². The lowest BCUT2D eigenvalue weighted by Crippen LogP contribution is -2.11. The lowest BCUT2D eigenvalue weighted by atomic mass is 9.91. The molecule has 0 radical (unpaired) electrons. The highest BCUT2D eigenvalue weighted by molar-refractivity contribution is 6.19. The van der Waals surface area contributed by atoms with Crippen molar-refractivity contribution in [2.24, 2.45) is 0 Å². The highest BCUT2D eigenvalue weighted by Gasteiger charge is 2.18. The number of rotatable bonds is 5. The zero-order valence-corrected chi connectivity index (χ0v) is 14.1. The Kier molecular flexibility index (Phi) is 5.92. The molecule has 1 rings (SSSR count). The topological polar surface area (TPSA) is 63.6 Å². The maximum Gasteiger partial charge on any atom is 0.341 e. The lowest BCUT2D eigenvalue weighted by Gasteiger charge is -2.16. The van der Waals surface area contributed by atoms with Crippen molar-refractivity contribution in [1.82, 2.24) is 0 Å². The van der Waals surface area contributed by atoms with Gasteiger partial charge in [-0.3, -0.25) is 4.79 Å². The van der Waals surface area contributed by atoms with Crippen LogP contribution in [0.5, 0.6) is 5.75 Å². The Morgan fingerprint density at radius 1 is 1.09 bits per heavy atom. The Hall–Kier alpha value is -2.10. The number of aromatic hydroxyl groups is 1. The summed E-state index contributed by atoms with van der Waals surface area (Å²) in [5.41, 5.74) is 2.30. The largest absolute Gasteiger partial charge is 0.507 e. The van der Waals surface area contributed by atoms with Gasteiger partial charge < -0.3 is 9.84 Å². The number of carbonyl (C=O) groups excluding carboxylic acids is 2. The number of ketones is 1. The summed E-state index contributed by atoms with van der Waals surface area (Å²) in [6.07, 6.45) is 1.52. The molecule has 0 aliphatic heterocycles. The summed E-state index contributed by atoms with van der Waals surface area (Å²) in [6, 6.07) is 3.61. The summed E-state index contributed by atoms with van der Waals surface area (Å²) >= 11 is 0. The van der Waals surface area contributed by atoms with E-state index < -0.39 is 5.97 Å². The van der Waals surface area contributed by atoms with Crippen LogP contribution in [0.2, 0.25) is 0 Å². The molecule has 22 heavy (non-hydrogen) atoms. The number of phenols is 1. The number of hydrogen-bond donors (Lipinski definition) is 1. The van der Waals surface area contributed by atoms with Crippen molar-refractivity contribution in [3.63, 3.8) is 0 Å². The number of benzene rings is 1. The first-order chi connectivity index (χ1) is 10.2. The lowest BCUT2D eigenvalue weighted by molar-refractivity contribution is -0.137. The van der Waals surface area contributed by atoms with Crippen LogP contribution in [-0.2, 0) is 14.3 Å². The van der Waals surface area contributed by atoms with E-state index in [4.69, 9.17) is 0 Å². The first kappa shape index (κ1) is 18.0. The highest BCUT2D eigenvalue weighted by Crippen LogP contribution is 2.35. The van der Waals surface area contributed by atoms with Gasteiger partial charge in [-0.25, -0.2) is 4.79 Å². The first-order valence-corrected chi connectivity index (χ1v) is 7.36. The second kappa shape index (κ2) is 7.25. The molecule has 0 spiro atoms. The van der Waals surface area contributed by atoms with E-state index in [1.54, 1.807) is 12.1 Å². The molecule has 1 aromatic carbocycles. The molecule has 0 aliphatic carbocycles. The minimum Gasteiger partial charge on any atom is -0.507 e. The normalized spacial score (nSPS) is 11.9. The first-order valence-electron chi connectivity index (χ1n) is 7.36. The van der Waals surface area contributed by atoms with Gasteiger partial charge in [0.1, 0.15) is 11.3 Å². The van der Waals surface area contributed by atoms with Gasteiger partial charge in [0.05, 0.1) is 7.11 Å². The SMILES string of the molecule is COC(=O)/C(=C\c1cc(C(C)C)c(O)c(C(C)C)c1)C(C)=O. The number of esters is 1. The Morgan fingerprint density at radius 3 is 1.86 bits per heavy atom. The van der Waals surface area contributed by atoms with Gasteiger partial charge in [0, 0.05) is 0 Å². The van der Waals surface area contributed by atoms with Crippen LogP contribution < -0.4 is 0 Å². The molecule has 1 aromatic rings. The third-order valence-corrected chi connectivity index (χ3v) is 3.53. The van der Waals surface area contributed by atoms with E-state index in [-0.39, 0.29) is 28.9 Å². The number of carbonyl (C=O) groups is 2. The predicted molar refractivity (Wildman–Crippen MR) is 87.0 cm³/mol. The molecule has 1 N–H and O–H groups in total. The molecule has 0 unspecified atom stereocenters. The van der Waals surface area contributed by atoms with Crippen molar-refractivity contribution >= 4 is 17.8 Å². The Balaban J connectivity index is 3.53. The molecule has 4 nitrogen and oxygen atoms in total. The van der Waals surface area contributed by atoms with Gasteiger partial charge in [0.2, 0.25) is 0 Å². The van der Waals surface area contributed by atoms with Crippen LogP contribution in [0.1, 0.15) is 63.1 Å². The molecule has 0 saturated heterocycles. The maximum absolute atomic E-state index is 11.7. The van der Waals surface area contributed by atoms with E-state index in [1.807, 2.05) is 27.7 Å². The summed E-state index contributed by atoms with van der Waals surface area (Å²) in [5.74, 6) is -0.464. The Labute approximate surface area is 131 Å². The molecule has 120 valence electrons. The van der Waals surface area contributed by atoms with Crippen LogP contribution in [0, 0.1) is 0 Å². The number of methoxy groups -OCH3 is 1. The van der Waals surface area contributed by atoms with Crippen LogP contribution in [-0.4, -0.2) is 24.0 Å². The second-order valence-corrected chi connectivity index (χ2v) is 5.96. The van der Waals surface area contributed by atoms with Crippen molar-refractivity contribution in [3.05, 3.63) is 34.4 Å². The molecule has 0 aromatic heterocycles. The standard InChI is InChI=1S/C18H24O4/c1-10(2)14-7-13(8-15(11(3)4)17(14)20)9-16(12(5)19)18(21)22-6/h7-11,20H,1-6H3/b16-9-. The number of hydrogen-bond acceptors (Lipinski definition) is 4. The third-order valence-electron chi connectivity index (χ3n) is 3.53. The number of Topliss-reactive ketones (excluding diaryl/α,β-unsaturated/α-hetero) is 1. The molecule has 0 saturated carbocycles. The van der Waals surface area contributed by atoms with Crippen LogP contribution in [0.25, 0.3) is 6.08 Å². The van der Waals surface area contributed by atoms with Crippen LogP contribution in [0.4, 0.5) is 0 Å². The summed E-state index contributed by atoms with van der Waals surface area (Å²) in [6.45, 7) is 9.27. The predicted octanol–water partition coefficient (Wildman–Crippen LogP) is 3.78. The van der Waals surface area contributed by atoms with Gasteiger partial charge >= 0.3 is 5.97 Å². The molecule has 4 heteroatoms. The molecular weight excluding hydrogens is 280 g/mol. The molecule has 0 heterocycles. The monoisotopic (exact) mass is 304 g/mol. The zero-order chi connectivity index (χ0) is 17.0. The number of phenolic OH excluding ortho intramolecular Hbond substituents is 1. The molecule has 0 fully saturated rings. The molecule has 0 amide bonds. The zero-order valence-electron chi connectivity index (χ0n) is 14.1. The summed E-state index contributed by atoms with van der Waals surface area (Å²) in [5, 5.41) is 10.4. The van der Waals surface area contributed by atoms with Crippen LogP contribution in [0.3, 0.4) is 0 Å². The van der Waals surface area contributed by atoms with E-state index in [0.717, 1.165) is 11.1 Å². The van der Waals surface area contributed by atoms with E-state index in [2.05, 4.69) is 4.74 Å². The van der Waals surface area contributed by atoms with Crippen molar-refractivity contribution in [2.75, 3.05) is 7.11 Å².